The largest absolute Gasteiger partial charge is 0.285 e. The van der Waals surface area contributed by atoms with E-state index in [0.717, 1.165) is 0 Å². The number of nitrogens with one attached hydrogen (secondary N) is 1. The molecule has 72 valence electrons. The molecule has 2 nitrogen and oxygen atoms in total. The minimum atomic E-state index is -0.440. The Morgan fingerprint density at radius 3 is 2.64 bits per heavy atom. The van der Waals surface area contributed by atoms with Crippen molar-refractivity contribution in [1.82, 2.24) is 10.2 Å². The van der Waals surface area contributed by atoms with E-state index in [1.165, 1.54) is 31.5 Å². The Labute approximate surface area is 79.6 Å². The Morgan fingerprint density at radius 1 is 1.21 bits per heavy atom. The number of nitrogens with zero attached hydrogens (tertiary/aromatic N) is 1. The molecule has 0 spiro atoms. The van der Waals surface area contributed by atoms with E-state index >= 15 is 0 Å². The molecule has 2 rings (SSSR count). The molecule has 0 bridgehead atoms. The number of halogens is 2. The fraction of sp³-hybridized carbons (Fsp3) is 0.100. The smallest absolute Gasteiger partial charge is 0.131 e. The number of hydrogen-bond acceptors (Lipinski definition) is 1. The van der Waals surface area contributed by atoms with Gasteiger partial charge in [0.2, 0.25) is 0 Å². The molecular formula is C10H8F2N2. The van der Waals surface area contributed by atoms with E-state index in [9.17, 15) is 8.78 Å². The number of hydrogen-bond donors (Lipinski definition) is 1. The third kappa shape index (κ3) is 1.39. The molecule has 0 aliphatic carbocycles. The molecule has 0 amide bonds. The molecule has 0 saturated heterocycles. The molecule has 0 radical (unpaired) electrons. The molecule has 1 N–H and O–H groups in total. The van der Waals surface area contributed by atoms with Gasteiger partial charge in [0.15, 0.2) is 0 Å². The van der Waals surface area contributed by atoms with Crippen molar-refractivity contribution in [1.29, 1.82) is 0 Å². The third-order valence-corrected chi connectivity index (χ3v) is 2.06. The maximum atomic E-state index is 13.4. The van der Waals surface area contributed by atoms with Crippen molar-refractivity contribution in [3.05, 3.63) is 41.7 Å². The lowest BCUT2D eigenvalue weighted by molar-refractivity contribution is 0.595. The summed E-state index contributed by atoms with van der Waals surface area (Å²) in [6, 6.07) is 2.35. The summed E-state index contributed by atoms with van der Waals surface area (Å²) in [6.07, 6.45) is 2.97. The van der Waals surface area contributed by atoms with Crippen molar-refractivity contribution in [3.63, 3.8) is 0 Å². The summed E-state index contributed by atoms with van der Waals surface area (Å²) in [5, 5.41) is 6.23. The van der Waals surface area contributed by atoms with Gasteiger partial charge in [0.1, 0.15) is 11.6 Å². The molecule has 0 aliphatic heterocycles. The highest BCUT2D eigenvalue weighted by molar-refractivity contribution is 5.62. The van der Waals surface area contributed by atoms with E-state index in [2.05, 4.69) is 10.2 Å². The van der Waals surface area contributed by atoms with Crippen molar-refractivity contribution < 1.29 is 8.78 Å². The Balaban J connectivity index is 2.60. The number of aromatic nitrogens is 2. The zero-order chi connectivity index (χ0) is 10.1. The van der Waals surface area contributed by atoms with Crippen LogP contribution in [0.3, 0.4) is 0 Å². The van der Waals surface area contributed by atoms with Crippen molar-refractivity contribution in [2.24, 2.45) is 0 Å². The SMILES string of the molecule is Cc1cc(F)c(-c2cn[nH]c2)cc1F. The molecule has 14 heavy (non-hydrogen) atoms. The first-order chi connectivity index (χ1) is 6.68. The van der Waals surface area contributed by atoms with Crippen LogP contribution in [0.5, 0.6) is 0 Å². The fourth-order valence-corrected chi connectivity index (χ4v) is 1.27. The average Bonchev–Trinajstić information content (AvgIpc) is 2.64. The lowest BCUT2D eigenvalue weighted by atomic mass is 10.1. The molecule has 0 saturated carbocycles. The maximum absolute atomic E-state index is 13.4. The van der Waals surface area contributed by atoms with Crippen LogP contribution in [0.4, 0.5) is 8.78 Å². The lowest BCUT2D eigenvalue weighted by Gasteiger charge is -2.02. The Bertz CT molecular complexity index is 449. The molecule has 0 fully saturated rings. The normalized spacial score (nSPS) is 10.5. The second kappa shape index (κ2) is 3.21. The van der Waals surface area contributed by atoms with Gasteiger partial charge in [-0.3, -0.25) is 5.10 Å². The van der Waals surface area contributed by atoms with E-state index in [-0.39, 0.29) is 5.56 Å². The summed E-state index contributed by atoms with van der Waals surface area (Å²) < 4.78 is 26.5. The summed E-state index contributed by atoms with van der Waals surface area (Å²) in [5.41, 5.74) is 1.07. The summed E-state index contributed by atoms with van der Waals surface area (Å²) in [6.45, 7) is 1.53. The van der Waals surface area contributed by atoms with Crippen LogP contribution in [0.1, 0.15) is 5.56 Å². The van der Waals surface area contributed by atoms with Gasteiger partial charge in [-0.15, -0.1) is 0 Å². The first kappa shape index (κ1) is 8.87. The molecule has 4 heteroatoms. The van der Waals surface area contributed by atoms with Gasteiger partial charge in [-0.1, -0.05) is 0 Å². The third-order valence-electron chi connectivity index (χ3n) is 2.06. The highest BCUT2D eigenvalue weighted by Crippen LogP contribution is 2.24. The predicted octanol–water partition coefficient (Wildman–Crippen LogP) is 2.66. The number of aromatic amines is 1. The van der Waals surface area contributed by atoms with Crippen molar-refractivity contribution >= 4 is 0 Å². The molecular weight excluding hydrogens is 186 g/mol. The van der Waals surface area contributed by atoms with Crippen LogP contribution >= 0.6 is 0 Å². The second-order valence-corrected chi connectivity index (χ2v) is 3.07. The summed E-state index contributed by atoms with van der Waals surface area (Å²) in [5.74, 6) is -0.854. The van der Waals surface area contributed by atoms with E-state index < -0.39 is 11.6 Å². The first-order valence-corrected chi connectivity index (χ1v) is 4.13. The van der Waals surface area contributed by atoms with Crippen LogP contribution in [0, 0.1) is 18.6 Å². The van der Waals surface area contributed by atoms with Gasteiger partial charge in [-0.05, 0) is 24.6 Å². The van der Waals surface area contributed by atoms with E-state index in [1.807, 2.05) is 0 Å². The van der Waals surface area contributed by atoms with Crippen LogP contribution in [0.2, 0.25) is 0 Å². The molecule has 1 aromatic heterocycles. The zero-order valence-electron chi connectivity index (χ0n) is 7.51. The van der Waals surface area contributed by atoms with Gasteiger partial charge in [-0.2, -0.15) is 5.10 Å². The Kier molecular flexibility index (Phi) is 2.04. The van der Waals surface area contributed by atoms with Gasteiger partial charge in [0.25, 0.3) is 0 Å². The summed E-state index contributed by atoms with van der Waals surface area (Å²) >= 11 is 0. The lowest BCUT2D eigenvalue weighted by Crippen LogP contribution is -1.89. The fourth-order valence-electron chi connectivity index (χ4n) is 1.27. The molecule has 0 atom stereocenters. The van der Waals surface area contributed by atoms with Crippen LogP contribution in [0.25, 0.3) is 11.1 Å². The van der Waals surface area contributed by atoms with Crippen LogP contribution < -0.4 is 0 Å². The molecule has 2 aromatic rings. The quantitative estimate of drug-likeness (QED) is 0.742. The predicted molar refractivity (Wildman–Crippen MR) is 48.7 cm³/mol. The Morgan fingerprint density at radius 2 is 2.00 bits per heavy atom. The van der Waals surface area contributed by atoms with Gasteiger partial charge < -0.3 is 0 Å². The van der Waals surface area contributed by atoms with E-state index in [1.54, 1.807) is 0 Å². The number of H-pyrrole nitrogens is 1. The van der Waals surface area contributed by atoms with Crippen LogP contribution in [-0.4, -0.2) is 10.2 Å². The molecule has 0 unspecified atom stereocenters. The Hall–Kier alpha value is -1.71. The van der Waals surface area contributed by atoms with Gasteiger partial charge in [0, 0.05) is 17.3 Å². The highest BCUT2D eigenvalue weighted by atomic mass is 19.1. The number of benzene rings is 1. The highest BCUT2D eigenvalue weighted by Gasteiger charge is 2.09. The topological polar surface area (TPSA) is 28.7 Å². The zero-order valence-corrected chi connectivity index (χ0v) is 7.51. The summed E-state index contributed by atoms with van der Waals surface area (Å²) in [7, 11) is 0. The van der Waals surface area contributed by atoms with Crippen LogP contribution in [0.15, 0.2) is 24.5 Å². The van der Waals surface area contributed by atoms with E-state index in [0.29, 0.717) is 11.1 Å². The van der Waals surface area contributed by atoms with E-state index in [4.69, 9.17) is 0 Å². The van der Waals surface area contributed by atoms with Crippen molar-refractivity contribution in [3.8, 4) is 11.1 Å². The van der Waals surface area contributed by atoms with Crippen molar-refractivity contribution in [2.75, 3.05) is 0 Å². The first-order valence-electron chi connectivity index (χ1n) is 4.13. The number of rotatable bonds is 1. The maximum Gasteiger partial charge on any atom is 0.131 e. The average molecular weight is 194 g/mol. The van der Waals surface area contributed by atoms with Gasteiger partial charge in [-0.25, -0.2) is 8.78 Å². The summed E-state index contributed by atoms with van der Waals surface area (Å²) in [4.78, 5) is 0. The van der Waals surface area contributed by atoms with Crippen LogP contribution in [-0.2, 0) is 0 Å². The second-order valence-electron chi connectivity index (χ2n) is 3.07. The van der Waals surface area contributed by atoms with Gasteiger partial charge >= 0.3 is 0 Å². The number of aryl methyl sites for hydroxylation is 1. The molecule has 0 aliphatic rings. The molecule has 1 heterocycles. The monoisotopic (exact) mass is 194 g/mol. The van der Waals surface area contributed by atoms with Crippen molar-refractivity contribution in [2.45, 2.75) is 6.92 Å². The minimum absolute atomic E-state index is 0.224. The molecule has 1 aromatic carbocycles. The minimum Gasteiger partial charge on any atom is -0.285 e. The standard InChI is InChI=1S/C10H8F2N2/c1-6-2-10(12)8(3-9(6)11)7-4-13-14-5-7/h2-5H,1H3,(H,13,14). The van der Waals surface area contributed by atoms with Gasteiger partial charge in [0.05, 0.1) is 6.20 Å².